The van der Waals surface area contributed by atoms with Crippen LogP contribution >= 0.6 is 0 Å². The summed E-state index contributed by atoms with van der Waals surface area (Å²) in [5.74, 6) is 3.46. The average molecular weight is 233 g/mol. The normalized spacial score (nSPS) is 49.4. The van der Waals surface area contributed by atoms with E-state index >= 15 is 0 Å². The van der Waals surface area contributed by atoms with Crippen molar-refractivity contribution in [1.82, 2.24) is 0 Å². The van der Waals surface area contributed by atoms with Gasteiger partial charge in [0, 0.05) is 5.92 Å². The highest BCUT2D eigenvalue weighted by molar-refractivity contribution is 5.88. The lowest BCUT2D eigenvalue weighted by molar-refractivity contribution is -0.132. The van der Waals surface area contributed by atoms with Crippen LogP contribution in [0.25, 0.3) is 0 Å². The zero-order chi connectivity index (χ0) is 11.6. The molecule has 0 heterocycles. The molecule has 4 bridgehead atoms. The topological polar surface area (TPSA) is 43.1 Å². The zero-order valence-corrected chi connectivity index (χ0v) is 10.5. The van der Waals surface area contributed by atoms with Crippen LogP contribution in [-0.4, -0.2) is 11.8 Å². The highest BCUT2D eigenvalue weighted by Gasteiger charge is 2.55. The molecule has 0 aromatic rings. The summed E-state index contributed by atoms with van der Waals surface area (Å²) in [6, 6.07) is -0.122. The van der Waals surface area contributed by atoms with Crippen molar-refractivity contribution in [3.63, 3.8) is 0 Å². The first-order valence-electron chi connectivity index (χ1n) is 7.45. The molecular weight excluding hydrogens is 210 g/mol. The van der Waals surface area contributed by atoms with Gasteiger partial charge >= 0.3 is 0 Å². The third-order valence-corrected chi connectivity index (χ3v) is 6.03. The molecule has 5 fully saturated rings. The lowest BCUT2D eigenvalue weighted by Gasteiger charge is -2.58. The Morgan fingerprint density at radius 2 is 1.47 bits per heavy atom. The standard InChI is InChI=1S/C15H23NO/c16-14(13(17)12-1-2-12)15-6-9-3-10(7-15)5-11(4-9)8-15/h9-12,14H,1-8,16H2. The van der Waals surface area contributed by atoms with E-state index in [1.54, 1.807) is 0 Å². The Hall–Kier alpha value is -0.370. The molecule has 5 rings (SSSR count). The molecule has 2 nitrogen and oxygen atoms in total. The number of carbonyl (C=O) groups excluding carboxylic acids is 1. The van der Waals surface area contributed by atoms with Gasteiger partial charge in [-0.15, -0.1) is 0 Å². The van der Waals surface area contributed by atoms with E-state index in [-0.39, 0.29) is 11.5 Å². The quantitative estimate of drug-likeness (QED) is 0.814. The number of nitrogens with two attached hydrogens (primary N) is 1. The minimum atomic E-state index is -0.122. The van der Waals surface area contributed by atoms with Crippen LogP contribution in [0.4, 0.5) is 0 Å². The van der Waals surface area contributed by atoms with Gasteiger partial charge in [0.1, 0.15) is 0 Å². The molecule has 0 radical (unpaired) electrons. The molecule has 0 amide bonds. The molecule has 5 saturated carbocycles. The van der Waals surface area contributed by atoms with Crippen molar-refractivity contribution in [1.29, 1.82) is 0 Å². The Morgan fingerprint density at radius 3 is 1.88 bits per heavy atom. The van der Waals surface area contributed by atoms with E-state index in [0.29, 0.717) is 11.7 Å². The molecule has 2 N–H and O–H groups in total. The van der Waals surface area contributed by atoms with Crippen LogP contribution in [0, 0.1) is 29.1 Å². The molecule has 0 aromatic carbocycles. The Morgan fingerprint density at radius 1 is 1.00 bits per heavy atom. The van der Waals surface area contributed by atoms with Gasteiger partial charge in [-0.3, -0.25) is 4.79 Å². The molecule has 5 aliphatic carbocycles. The first-order valence-corrected chi connectivity index (χ1v) is 7.45. The summed E-state index contributed by atoms with van der Waals surface area (Å²) in [7, 11) is 0. The molecule has 17 heavy (non-hydrogen) atoms. The highest BCUT2D eigenvalue weighted by Crippen LogP contribution is 2.61. The van der Waals surface area contributed by atoms with Crippen LogP contribution in [0.3, 0.4) is 0 Å². The van der Waals surface area contributed by atoms with Gasteiger partial charge in [0.2, 0.25) is 0 Å². The first-order chi connectivity index (χ1) is 8.16. The van der Waals surface area contributed by atoms with E-state index in [4.69, 9.17) is 5.73 Å². The molecule has 2 heteroatoms. The van der Waals surface area contributed by atoms with Crippen LogP contribution in [0.5, 0.6) is 0 Å². The van der Waals surface area contributed by atoms with Gasteiger partial charge in [0.05, 0.1) is 6.04 Å². The van der Waals surface area contributed by atoms with E-state index < -0.39 is 0 Å². The van der Waals surface area contributed by atoms with Crippen molar-refractivity contribution in [3.05, 3.63) is 0 Å². The Balaban J connectivity index is 1.61. The summed E-state index contributed by atoms with van der Waals surface area (Å²) < 4.78 is 0. The number of hydrogen-bond donors (Lipinski definition) is 1. The molecule has 5 aliphatic rings. The van der Waals surface area contributed by atoms with Gasteiger partial charge in [-0.25, -0.2) is 0 Å². The number of rotatable bonds is 3. The number of Topliss-reactive ketones (excluding diaryl/α,β-unsaturated/α-hetero) is 1. The second-order valence-electron chi connectivity index (χ2n) is 7.43. The third-order valence-electron chi connectivity index (χ3n) is 6.03. The Bertz CT molecular complexity index is 323. The molecule has 0 aromatic heterocycles. The Kier molecular flexibility index (Phi) is 2.07. The van der Waals surface area contributed by atoms with Crippen molar-refractivity contribution >= 4 is 5.78 Å². The molecule has 0 aliphatic heterocycles. The van der Waals surface area contributed by atoms with Crippen molar-refractivity contribution in [2.75, 3.05) is 0 Å². The predicted molar refractivity (Wildman–Crippen MR) is 66.3 cm³/mol. The van der Waals surface area contributed by atoms with Gasteiger partial charge in [0.15, 0.2) is 5.78 Å². The summed E-state index contributed by atoms with van der Waals surface area (Å²) in [5.41, 5.74) is 6.64. The zero-order valence-electron chi connectivity index (χ0n) is 10.5. The number of ketones is 1. The fraction of sp³-hybridized carbons (Fsp3) is 0.933. The second-order valence-corrected chi connectivity index (χ2v) is 7.43. The van der Waals surface area contributed by atoms with E-state index in [1.165, 1.54) is 38.5 Å². The lowest BCUT2D eigenvalue weighted by atomic mass is 9.47. The van der Waals surface area contributed by atoms with E-state index in [0.717, 1.165) is 30.6 Å². The summed E-state index contributed by atoms with van der Waals surface area (Å²) in [6.07, 6.45) is 10.3. The summed E-state index contributed by atoms with van der Waals surface area (Å²) in [6.45, 7) is 0. The van der Waals surface area contributed by atoms with Crippen LogP contribution in [0.15, 0.2) is 0 Å². The molecule has 0 saturated heterocycles. The number of hydrogen-bond acceptors (Lipinski definition) is 2. The summed E-state index contributed by atoms with van der Waals surface area (Å²) in [4.78, 5) is 12.3. The summed E-state index contributed by atoms with van der Waals surface area (Å²) in [5, 5.41) is 0. The van der Waals surface area contributed by atoms with Crippen molar-refractivity contribution in [2.24, 2.45) is 34.8 Å². The SMILES string of the molecule is NC(C(=O)C1CC1)C12CC3CC(CC(C3)C1)C2. The fourth-order valence-electron chi connectivity index (χ4n) is 5.48. The maximum Gasteiger partial charge on any atom is 0.153 e. The minimum Gasteiger partial charge on any atom is -0.321 e. The van der Waals surface area contributed by atoms with Crippen LogP contribution in [0.2, 0.25) is 0 Å². The minimum absolute atomic E-state index is 0.122. The van der Waals surface area contributed by atoms with Crippen LogP contribution < -0.4 is 5.73 Å². The van der Waals surface area contributed by atoms with Gasteiger partial charge in [-0.05, 0) is 74.5 Å². The van der Waals surface area contributed by atoms with Crippen molar-refractivity contribution in [2.45, 2.75) is 57.4 Å². The van der Waals surface area contributed by atoms with E-state index in [9.17, 15) is 4.79 Å². The molecule has 94 valence electrons. The second kappa shape index (κ2) is 3.34. The van der Waals surface area contributed by atoms with Gasteiger partial charge < -0.3 is 5.73 Å². The summed E-state index contributed by atoms with van der Waals surface area (Å²) >= 11 is 0. The maximum absolute atomic E-state index is 12.3. The molecule has 0 spiro atoms. The number of carbonyl (C=O) groups is 1. The smallest absolute Gasteiger partial charge is 0.153 e. The monoisotopic (exact) mass is 233 g/mol. The largest absolute Gasteiger partial charge is 0.321 e. The van der Waals surface area contributed by atoms with Crippen LogP contribution in [0.1, 0.15) is 51.4 Å². The van der Waals surface area contributed by atoms with Gasteiger partial charge in [-0.2, -0.15) is 0 Å². The molecule has 1 unspecified atom stereocenters. The van der Waals surface area contributed by atoms with E-state index in [2.05, 4.69) is 0 Å². The Labute approximate surface area is 103 Å². The highest BCUT2D eigenvalue weighted by atomic mass is 16.1. The molecular formula is C15H23NO. The van der Waals surface area contributed by atoms with Crippen molar-refractivity contribution in [3.8, 4) is 0 Å². The maximum atomic E-state index is 12.3. The average Bonchev–Trinajstić information content (AvgIpc) is 3.09. The fourth-order valence-corrected chi connectivity index (χ4v) is 5.48. The lowest BCUT2D eigenvalue weighted by Crippen LogP contribution is -2.57. The predicted octanol–water partition coefficient (Wildman–Crippen LogP) is 2.51. The van der Waals surface area contributed by atoms with Gasteiger partial charge in [-0.1, -0.05) is 0 Å². The molecule has 1 atom stereocenters. The van der Waals surface area contributed by atoms with Gasteiger partial charge in [0.25, 0.3) is 0 Å². The first kappa shape index (κ1) is 10.5. The van der Waals surface area contributed by atoms with E-state index in [1.807, 2.05) is 0 Å². The third kappa shape index (κ3) is 1.53. The van der Waals surface area contributed by atoms with Crippen molar-refractivity contribution < 1.29 is 4.79 Å². The van der Waals surface area contributed by atoms with Crippen LogP contribution in [-0.2, 0) is 4.79 Å².